The number of rotatable bonds is 9. The van der Waals surface area contributed by atoms with Crippen LogP contribution in [0.1, 0.15) is 61.3 Å². The Labute approximate surface area is 220 Å². The third kappa shape index (κ3) is 4.47. The molecule has 196 valence electrons. The van der Waals surface area contributed by atoms with Gasteiger partial charge in [-0.3, -0.25) is 9.36 Å². The highest BCUT2D eigenvalue weighted by atomic mass is 16.5. The van der Waals surface area contributed by atoms with Crippen LogP contribution >= 0.6 is 0 Å². The molecule has 2 aromatic carbocycles. The number of ether oxygens (including phenoxy) is 2. The molecule has 1 fully saturated rings. The Morgan fingerprint density at radius 2 is 1.68 bits per heavy atom. The van der Waals surface area contributed by atoms with Crippen molar-refractivity contribution in [2.24, 2.45) is 0 Å². The molecule has 3 heterocycles. The summed E-state index contributed by atoms with van der Waals surface area (Å²) in [6, 6.07) is 18.1. The fourth-order valence-electron chi connectivity index (χ4n) is 5.45. The normalized spacial score (nSPS) is 14.2. The van der Waals surface area contributed by atoms with E-state index in [1.165, 1.54) is 12.8 Å². The lowest BCUT2D eigenvalue weighted by Crippen LogP contribution is -2.23. The minimum Gasteiger partial charge on any atom is -0.497 e. The van der Waals surface area contributed by atoms with Crippen LogP contribution in [-0.4, -0.2) is 35.8 Å². The van der Waals surface area contributed by atoms with Gasteiger partial charge in [0.2, 0.25) is 5.78 Å². The van der Waals surface area contributed by atoms with E-state index in [0.717, 1.165) is 35.5 Å². The summed E-state index contributed by atoms with van der Waals surface area (Å²) in [5, 5.41) is 4.83. The summed E-state index contributed by atoms with van der Waals surface area (Å²) in [6.07, 6.45) is 4.55. The molecule has 0 amide bonds. The predicted molar refractivity (Wildman–Crippen MR) is 144 cm³/mol. The van der Waals surface area contributed by atoms with Crippen molar-refractivity contribution in [3.63, 3.8) is 0 Å². The van der Waals surface area contributed by atoms with Crippen LogP contribution in [0.5, 0.6) is 5.75 Å². The summed E-state index contributed by atoms with van der Waals surface area (Å²) in [4.78, 5) is 23.3. The van der Waals surface area contributed by atoms with E-state index in [2.05, 4.69) is 16.7 Å². The van der Waals surface area contributed by atoms with Crippen molar-refractivity contribution in [3.8, 4) is 5.75 Å². The third-order valence-electron chi connectivity index (χ3n) is 7.37. The van der Waals surface area contributed by atoms with Gasteiger partial charge in [-0.25, -0.2) is 4.98 Å². The Morgan fingerprint density at radius 3 is 2.39 bits per heavy atom. The largest absolute Gasteiger partial charge is 0.497 e. The first kappa shape index (κ1) is 24.4. The van der Waals surface area contributed by atoms with Crippen LogP contribution in [0.3, 0.4) is 0 Å². The average molecular weight is 513 g/mol. The Bertz CT molecular complexity index is 1610. The van der Waals surface area contributed by atoms with Crippen molar-refractivity contribution in [2.75, 3.05) is 7.11 Å². The molecule has 9 nitrogen and oxygen atoms in total. The van der Waals surface area contributed by atoms with Crippen LogP contribution in [-0.2, 0) is 31.0 Å². The van der Waals surface area contributed by atoms with Gasteiger partial charge in [0.25, 0.3) is 5.56 Å². The van der Waals surface area contributed by atoms with Gasteiger partial charge < -0.3 is 14.0 Å². The van der Waals surface area contributed by atoms with Crippen molar-refractivity contribution >= 4 is 16.9 Å². The Hall–Kier alpha value is -3.98. The summed E-state index contributed by atoms with van der Waals surface area (Å²) in [5.41, 5.74) is 3.22. The lowest BCUT2D eigenvalue weighted by Gasteiger charge is -2.14. The fraction of sp³-hybridized carbons (Fsp3) is 0.379. The van der Waals surface area contributed by atoms with Crippen molar-refractivity contribution in [1.29, 1.82) is 0 Å². The molecule has 1 aliphatic rings. The van der Waals surface area contributed by atoms with Crippen LogP contribution in [0, 0.1) is 0 Å². The molecule has 5 aromatic rings. The first-order valence-electron chi connectivity index (χ1n) is 13.3. The summed E-state index contributed by atoms with van der Waals surface area (Å²) in [5.74, 6) is 3.16. The second-order valence-corrected chi connectivity index (χ2v) is 9.83. The maximum atomic E-state index is 13.6. The van der Waals surface area contributed by atoms with Crippen LogP contribution < -0.4 is 10.3 Å². The molecule has 1 saturated carbocycles. The van der Waals surface area contributed by atoms with E-state index in [1.807, 2.05) is 49.4 Å². The molecule has 0 spiro atoms. The number of fused-ring (bicyclic) bond motifs is 3. The van der Waals surface area contributed by atoms with E-state index in [4.69, 9.17) is 24.5 Å². The minimum absolute atomic E-state index is 0.126. The lowest BCUT2D eigenvalue weighted by atomic mass is 10.1. The molecule has 0 bridgehead atoms. The number of nitrogens with zero attached hydrogens (tertiary/aromatic N) is 6. The van der Waals surface area contributed by atoms with Crippen molar-refractivity contribution in [2.45, 2.75) is 64.8 Å². The molecule has 9 heteroatoms. The zero-order chi connectivity index (χ0) is 26.1. The second kappa shape index (κ2) is 10.4. The fourth-order valence-corrected chi connectivity index (χ4v) is 5.45. The summed E-state index contributed by atoms with van der Waals surface area (Å²) in [7, 11) is 1.65. The molecular weight excluding hydrogens is 480 g/mol. The second-order valence-electron chi connectivity index (χ2n) is 9.83. The van der Waals surface area contributed by atoms with Crippen LogP contribution in [0.25, 0.3) is 16.9 Å². The first-order chi connectivity index (χ1) is 18.7. The average Bonchev–Trinajstić information content (AvgIpc) is 3.69. The topological polar surface area (TPSA) is 88.5 Å². The SMILES string of the molecule is CCn1c(=O)c2nc(C3CCCC3)n(Cc3ccccc3)c2n2nc(COCc3ccc(OC)cc3)nc12. The van der Waals surface area contributed by atoms with Gasteiger partial charge in [0.15, 0.2) is 17.0 Å². The van der Waals surface area contributed by atoms with Gasteiger partial charge in [-0.1, -0.05) is 55.3 Å². The smallest absolute Gasteiger partial charge is 0.283 e. The molecule has 0 unspecified atom stereocenters. The van der Waals surface area contributed by atoms with Gasteiger partial charge in [-0.15, -0.1) is 5.10 Å². The molecule has 1 aliphatic carbocycles. The summed E-state index contributed by atoms with van der Waals surface area (Å²) >= 11 is 0. The molecule has 0 aliphatic heterocycles. The molecule has 0 atom stereocenters. The monoisotopic (exact) mass is 512 g/mol. The minimum atomic E-state index is -0.126. The van der Waals surface area contributed by atoms with Crippen LogP contribution in [0.4, 0.5) is 0 Å². The van der Waals surface area contributed by atoms with E-state index in [9.17, 15) is 4.79 Å². The van der Waals surface area contributed by atoms with Gasteiger partial charge in [0.05, 0.1) is 20.3 Å². The highest BCUT2D eigenvalue weighted by Crippen LogP contribution is 2.35. The summed E-state index contributed by atoms with van der Waals surface area (Å²) in [6.45, 7) is 3.70. The number of hydrogen-bond acceptors (Lipinski definition) is 6. The zero-order valence-electron chi connectivity index (χ0n) is 21.8. The zero-order valence-corrected chi connectivity index (χ0v) is 21.8. The van der Waals surface area contributed by atoms with E-state index in [1.54, 1.807) is 16.2 Å². The molecule has 6 rings (SSSR count). The summed E-state index contributed by atoms with van der Waals surface area (Å²) < 4.78 is 16.8. The molecule has 0 N–H and O–H groups in total. The first-order valence-corrected chi connectivity index (χ1v) is 13.3. The highest BCUT2D eigenvalue weighted by molar-refractivity contribution is 5.74. The number of imidazole rings is 1. The van der Waals surface area contributed by atoms with E-state index in [-0.39, 0.29) is 12.2 Å². The number of aryl methyl sites for hydroxylation is 1. The van der Waals surface area contributed by atoms with Gasteiger partial charge in [-0.2, -0.15) is 9.50 Å². The molecule has 3 aromatic heterocycles. The van der Waals surface area contributed by atoms with E-state index >= 15 is 0 Å². The van der Waals surface area contributed by atoms with Gasteiger partial charge >= 0.3 is 0 Å². The van der Waals surface area contributed by atoms with Gasteiger partial charge in [-0.05, 0) is 43.0 Å². The van der Waals surface area contributed by atoms with Crippen molar-refractivity contribution in [1.82, 2.24) is 28.7 Å². The standard InChI is InChI=1S/C29H32N6O3/c1-3-33-28(36)25-27(34(17-20-9-5-4-6-10-20)26(31-25)22-11-7-8-12-22)35-29(33)30-24(32-35)19-38-18-21-13-15-23(37-2)16-14-21/h4-6,9-10,13-16,22H,3,7-8,11-12,17-19H2,1-2H3. The number of aromatic nitrogens is 6. The maximum Gasteiger partial charge on any atom is 0.283 e. The predicted octanol–water partition coefficient (Wildman–Crippen LogP) is 4.69. The lowest BCUT2D eigenvalue weighted by molar-refractivity contribution is 0.102. The molecular formula is C29H32N6O3. The Balaban J connectivity index is 1.42. The van der Waals surface area contributed by atoms with E-state index in [0.29, 0.717) is 48.4 Å². The number of methoxy groups -OCH3 is 1. The number of hydrogen-bond donors (Lipinski definition) is 0. The van der Waals surface area contributed by atoms with Crippen LogP contribution in [0.15, 0.2) is 59.4 Å². The number of benzene rings is 2. The molecule has 0 saturated heterocycles. The maximum absolute atomic E-state index is 13.6. The third-order valence-corrected chi connectivity index (χ3v) is 7.37. The van der Waals surface area contributed by atoms with Crippen molar-refractivity contribution in [3.05, 3.63) is 87.7 Å². The van der Waals surface area contributed by atoms with Gasteiger partial charge in [0, 0.05) is 12.5 Å². The van der Waals surface area contributed by atoms with Gasteiger partial charge in [0.1, 0.15) is 18.2 Å². The quantitative estimate of drug-likeness (QED) is 0.285. The van der Waals surface area contributed by atoms with Crippen LogP contribution in [0.2, 0.25) is 0 Å². The van der Waals surface area contributed by atoms with E-state index < -0.39 is 0 Å². The highest BCUT2D eigenvalue weighted by Gasteiger charge is 2.28. The Kier molecular flexibility index (Phi) is 6.68. The Morgan fingerprint density at radius 1 is 0.921 bits per heavy atom. The molecule has 0 radical (unpaired) electrons. The van der Waals surface area contributed by atoms with Crippen molar-refractivity contribution < 1.29 is 9.47 Å². The molecule has 38 heavy (non-hydrogen) atoms.